The highest BCUT2D eigenvalue weighted by molar-refractivity contribution is 5.99. The van der Waals surface area contributed by atoms with Crippen LogP contribution in [-0.4, -0.2) is 37.0 Å². The van der Waals surface area contributed by atoms with Gasteiger partial charge in [-0.15, -0.1) is 0 Å². The van der Waals surface area contributed by atoms with Gasteiger partial charge in [0.1, 0.15) is 6.61 Å². The summed E-state index contributed by atoms with van der Waals surface area (Å²) < 4.78 is 5.71. The molecule has 3 rings (SSSR count). The van der Waals surface area contributed by atoms with E-state index in [1.165, 1.54) is 6.42 Å². The van der Waals surface area contributed by atoms with Crippen LogP contribution in [0.4, 0.5) is 5.69 Å². The monoisotopic (exact) mass is 274 g/mol. The number of ether oxygens (including phenoxy) is 1. The summed E-state index contributed by atoms with van der Waals surface area (Å²) in [7, 11) is 0. The second-order valence-corrected chi connectivity index (χ2v) is 5.79. The largest absolute Gasteiger partial charge is 0.489 e. The highest BCUT2D eigenvalue weighted by atomic mass is 16.5. The van der Waals surface area contributed by atoms with Crippen LogP contribution in [0.2, 0.25) is 0 Å². The molecule has 0 aromatic heterocycles. The molecule has 2 aliphatic rings. The number of carbonyl (C=O) groups is 1. The molecule has 1 aromatic carbocycles. The zero-order chi connectivity index (χ0) is 13.9. The van der Waals surface area contributed by atoms with Crippen molar-refractivity contribution in [2.75, 3.05) is 31.6 Å². The Bertz CT molecular complexity index is 501. The average molecular weight is 274 g/mol. The number of anilines is 1. The minimum absolute atomic E-state index is 0.111. The van der Waals surface area contributed by atoms with Crippen molar-refractivity contribution in [2.45, 2.75) is 26.2 Å². The minimum atomic E-state index is 0.111. The third-order valence-corrected chi connectivity index (χ3v) is 4.21. The fourth-order valence-electron chi connectivity index (χ4n) is 2.98. The van der Waals surface area contributed by atoms with Gasteiger partial charge in [0.2, 0.25) is 0 Å². The van der Waals surface area contributed by atoms with E-state index < -0.39 is 0 Å². The molecule has 1 N–H and O–H groups in total. The Balaban J connectivity index is 1.83. The van der Waals surface area contributed by atoms with Crippen molar-refractivity contribution < 1.29 is 9.53 Å². The van der Waals surface area contributed by atoms with Crippen LogP contribution in [0.1, 0.15) is 36.5 Å². The average Bonchev–Trinajstić information content (AvgIpc) is 2.71. The van der Waals surface area contributed by atoms with E-state index in [1.54, 1.807) is 0 Å². The summed E-state index contributed by atoms with van der Waals surface area (Å²) in [5.74, 6) is 1.55. The summed E-state index contributed by atoms with van der Waals surface area (Å²) >= 11 is 0. The lowest BCUT2D eigenvalue weighted by Gasteiger charge is -2.25. The normalized spacial score (nSPS) is 22.2. The van der Waals surface area contributed by atoms with Crippen LogP contribution in [0.25, 0.3) is 0 Å². The number of hydrogen-bond donors (Lipinski definition) is 1. The Hall–Kier alpha value is -1.71. The highest BCUT2D eigenvalue weighted by Crippen LogP contribution is 2.32. The van der Waals surface area contributed by atoms with Gasteiger partial charge in [-0.05, 0) is 37.3 Å². The molecule has 1 amide bonds. The van der Waals surface area contributed by atoms with Crippen LogP contribution in [0, 0.1) is 5.92 Å². The molecule has 1 unspecified atom stereocenters. The Kier molecular flexibility index (Phi) is 3.81. The quantitative estimate of drug-likeness (QED) is 0.856. The zero-order valence-electron chi connectivity index (χ0n) is 12.0. The molecule has 1 atom stereocenters. The van der Waals surface area contributed by atoms with Gasteiger partial charge in [0.25, 0.3) is 5.91 Å². The second kappa shape index (κ2) is 5.73. The first-order valence-corrected chi connectivity index (χ1v) is 7.54. The molecule has 0 spiro atoms. The predicted molar refractivity (Wildman–Crippen MR) is 79.3 cm³/mol. The van der Waals surface area contributed by atoms with E-state index in [1.807, 2.05) is 23.1 Å². The maximum atomic E-state index is 12.7. The number of nitrogens with zero attached hydrogens (tertiary/aromatic N) is 1. The van der Waals surface area contributed by atoms with Crippen LogP contribution >= 0.6 is 0 Å². The number of para-hydroxylation sites is 1. The minimum Gasteiger partial charge on any atom is -0.489 e. The first-order chi connectivity index (χ1) is 9.75. The molecule has 0 bridgehead atoms. The number of nitrogens with one attached hydrogen (secondary N) is 1. The topological polar surface area (TPSA) is 41.6 Å². The molecular weight excluding hydrogens is 252 g/mol. The number of amides is 1. The fraction of sp³-hybridized carbons (Fsp3) is 0.562. The summed E-state index contributed by atoms with van der Waals surface area (Å²) in [6.45, 7) is 5.41. The van der Waals surface area contributed by atoms with Crippen molar-refractivity contribution in [1.82, 2.24) is 4.90 Å². The van der Waals surface area contributed by atoms with Crippen LogP contribution < -0.4 is 10.1 Å². The molecule has 1 saturated heterocycles. The van der Waals surface area contributed by atoms with Crippen LogP contribution in [0.15, 0.2) is 18.2 Å². The molecule has 1 aromatic rings. The molecule has 20 heavy (non-hydrogen) atoms. The summed E-state index contributed by atoms with van der Waals surface area (Å²) in [6, 6.07) is 5.77. The molecule has 0 aliphatic carbocycles. The third kappa shape index (κ3) is 2.60. The smallest absolute Gasteiger partial charge is 0.257 e. The van der Waals surface area contributed by atoms with E-state index in [0.717, 1.165) is 49.8 Å². The first kappa shape index (κ1) is 13.3. The fourth-order valence-corrected chi connectivity index (χ4v) is 2.98. The first-order valence-electron chi connectivity index (χ1n) is 7.54. The Labute approximate surface area is 120 Å². The van der Waals surface area contributed by atoms with E-state index >= 15 is 0 Å². The number of benzene rings is 1. The summed E-state index contributed by atoms with van der Waals surface area (Å²) in [4.78, 5) is 14.7. The van der Waals surface area contributed by atoms with Gasteiger partial charge < -0.3 is 15.0 Å². The van der Waals surface area contributed by atoms with E-state index in [9.17, 15) is 4.79 Å². The second-order valence-electron chi connectivity index (χ2n) is 5.79. The number of fused-ring (bicyclic) bond motifs is 1. The van der Waals surface area contributed by atoms with Gasteiger partial charge in [-0.1, -0.05) is 13.0 Å². The standard InChI is InChI=1S/C16H22N2O2/c1-12-4-3-9-18(10-7-12)16(19)13-5-2-6-14-15(13)20-11-8-17-14/h2,5-6,12,17H,3-4,7-11H2,1H3. The Morgan fingerprint density at radius 3 is 3.15 bits per heavy atom. The molecule has 2 aliphatic heterocycles. The number of rotatable bonds is 1. The lowest BCUT2D eigenvalue weighted by molar-refractivity contribution is 0.0756. The number of hydrogen-bond acceptors (Lipinski definition) is 3. The van der Waals surface area contributed by atoms with Crippen molar-refractivity contribution in [1.29, 1.82) is 0 Å². The van der Waals surface area contributed by atoms with Crippen molar-refractivity contribution in [3.05, 3.63) is 23.8 Å². The SMILES string of the molecule is CC1CCCN(C(=O)c2cccc3c2OCCN3)CC1. The van der Waals surface area contributed by atoms with Gasteiger partial charge in [0.15, 0.2) is 5.75 Å². The van der Waals surface area contributed by atoms with Gasteiger partial charge in [-0.2, -0.15) is 0 Å². The number of carbonyl (C=O) groups excluding carboxylic acids is 1. The van der Waals surface area contributed by atoms with Gasteiger partial charge in [-0.25, -0.2) is 0 Å². The zero-order valence-corrected chi connectivity index (χ0v) is 12.0. The van der Waals surface area contributed by atoms with Gasteiger partial charge >= 0.3 is 0 Å². The summed E-state index contributed by atoms with van der Waals surface area (Å²) in [5.41, 5.74) is 1.63. The number of likely N-dealkylation sites (tertiary alicyclic amines) is 1. The molecule has 108 valence electrons. The van der Waals surface area contributed by atoms with E-state index in [-0.39, 0.29) is 5.91 Å². The summed E-state index contributed by atoms with van der Waals surface area (Å²) in [5, 5.41) is 3.28. The van der Waals surface area contributed by atoms with Crippen molar-refractivity contribution in [3.63, 3.8) is 0 Å². The molecule has 0 saturated carbocycles. The maximum Gasteiger partial charge on any atom is 0.257 e. The highest BCUT2D eigenvalue weighted by Gasteiger charge is 2.24. The van der Waals surface area contributed by atoms with Crippen LogP contribution in [-0.2, 0) is 0 Å². The van der Waals surface area contributed by atoms with Gasteiger partial charge in [0.05, 0.1) is 11.3 Å². The third-order valence-electron chi connectivity index (χ3n) is 4.21. The molecule has 2 heterocycles. The van der Waals surface area contributed by atoms with Crippen molar-refractivity contribution in [3.8, 4) is 5.75 Å². The molecule has 4 nitrogen and oxygen atoms in total. The van der Waals surface area contributed by atoms with Gasteiger partial charge in [-0.3, -0.25) is 4.79 Å². The Morgan fingerprint density at radius 2 is 2.25 bits per heavy atom. The Morgan fingerprint density at radius 1 is 1.35 bits per heavy atom. The van der Waals surface area contributed by atoms with Crippen LogP contribution in [0.3, 0.4) is 0 Å². The van der Waals surface area contributed by atoms with E-state index in [4.69, 9.17) is 4.74 Å². The molecular formula is C16H22N2O2. The van der Waals surface area contributed by atoms with Crippen LogP contribution in [0.5, 0.6) is 5.75 Å². The lowest BCUT2D eigenvalue weighted by Crippen LogP contribution is -2.33. The van der Waals surface area contributed by atoms with E-state index in [2.05, 4.69) is 12.2 Å². The molecule has 0 radical (unpaired) electrons. The predicted octanol–water partition coefficient (Wildman–Crippen LogP) is 2.75. The van der Waals surface area contributed by atoms with Crippen molar-refractivity contribution in [2.24, 2.45) is 5.92 Å². The molecule has 1 fully saturated rings. The van der Waals surface area contributed by atoms with E-state index in [0.29, 0.717) is 12.2 Å². The van der Waals surface area contributed by atoms with Gasteiger partial charge in [0, 0.05) is 19.6 Å². The maximum absolute atomic E-state index is 12.7. The van der Waals surface area contributed by atoms with Crippen molar-refractivity contribution >= 4 is 11.6 Å². The summed E-state index contributed by atoms with van der Waals surface area (Å²) in [6.07, 6.45) is 3.41. The molecule has 4 heteroatoms. The lowest BCUT2D eigenvalue weighted by atomic mass is 10.0.